The van der Waals surface area contributed by atoms with Crippen molar-refractivity contribution in [1.82, 2.24) is 5.32 Å². The molecule has 1 N–H and O–H groups in total. The Hall–Kier alpha value is -3.77. The van der Waals surface area contributed by atoms with Crippen LogP contribution in [-0.2, 0) is 16.2 Å². The summed E-state index contributed by atoms with van der Waals surface area (Å²) in [4.78, 5) is 27.0. The minimum Gasteiger partial charge on any atom is -0.488 e. The van der Waals surface area contributed by atoms with E-state index in [0.717, 1.165) is 11.1 Å². The maximum absolute atomic E-state index is 13.1. The highest BCUT2D eigenvalue weighted by molar-refractivity contribution is 7.80. The van der Waals surface area contributed by atoms with Gasteiger partial charge < -0.3 is 4.74 Å². The fourth-order valence-corrected chi connectivity index (χ4v) is 3.60. The molecule has 0 spiro atoms. The van der Waals surface area contributed by atoms with Crippen molar-refractivity contribution in [3.05, 3.63) is 101 Å². The van der Waals surface area contributed by atoms with Gasteiger partial charge in [0.15, 0.2) is 5.11 Å². The fraction of sp³-hybridized carbons (Fsp3) is 0.0800. The SMILES string of the molecule is Cc1cccc(COc2ccccc2/C=C2/C(=O)NC(=S)N(c3ccccc3)C2=O)c1. The van der Waals surface area contributed by atoms with Crippen LogP contribution in [0, 0.1) is 6.92 Å². The Morgan fingerprint density at radius 3 is 2.48 bits per heavy atom. The van der Waals surface area contributed by atoms with Crippen LogP contribution in [0.4, 0.5) is 5.69 Å². The third kappa shape index (κ3) is 4.54. The molecule has 1 aliphatic heterocycles. The normalized spacial score (nSPS) is 15.2. The summed E-state index contributed by atoms with van der Waals surface area (Å²) < 4.78 is 6.00. The molecule has 0 saturated carbocycles. The maximum atomic E-state index is 13.1. The Kier molecular flexibility index (Phi) is 5.91. The standard InChI is InChI=1S/C25H20N2O3S/c1-17-8-7-9-18(14-17)16-30-22-13-6-5-10-19(22)15-21-23(28)26-25(31)27(24(21)29)20-11-3-2-4-12-20/h2-15H,16H2,1H3,(H,26,28,31)/b21-15-. The van der Waals surface area contributed by atoms with Gasteiger partial charge in [-0.2, -0.15) is 0 Å². The molecule has 1 fully saturated rings. The van der Waals surface area contributed by atoms with E-state index >= 15 is 0 Å². The van der Waals surface area contributed by atoms with Crippen molar-refractivity contribution in [3.63, 3.8) is 0 Å². The van der Waals surface area contributed by atoms with Gasteiger partial charge in [0.25, 0.3) is 11.8 Å². The molecule has 6 heteroatoms. The van der Waals surface area contributed by atoms with Crippen LogP contribution in [0.15, 0.2) is 84.4 Å². The fourth-order valence-electron chi connectivity index (χ4n) is 3.32. The topological polar surface area (TPSA) is 58.6 Å². The van der Waals surface area contributed by atoms with E-state index in [-0.39, 0.29) is 10.7 Å². The molecule has 31 heavy (non-hydrogen) atoms. The van der Waals surface area contributed by atoms with Gasteiger partial charge in [0.2, 0.25) is 0 Å². The third-order valence-corrected chi connectivity index (χ3v) is 5.10. The van der Waals surface area contributed by atoms with E-state index in [9.17, 15) is 9.59 Å². The van der Waals surface area contributed by atoms with Crippen LogP contribution in [0.25, 0.3) is 6.08 Å². The average Bonchev–Trinajstić information content (AvgIpc) is 2.76. The smallest absolute Gasteiger partial charge is 0.270 e. The Balaban J connectivity index is 1.63. The number of aryl methyl sites for hydroxylation is 1. The molecular weight excluding hydrogens is 408 g/mol. The Labute approximate surface area is 186 Å². The van der Waals surface area contributed by atoms with Crippen molar-refractivity contribution < 1.29 is 14.3 Å². The zero-order valence-electron chi connectivity index (χ0n) is 16.9. The Morgan fingerprint density at radius 2 is 1.71 bits per heavy atom. The van der Waals surface area contributed by atoms with Crippen LogP contribution >= 0.6 is 12.2 Å². The molecule has 0 radical (unpaired) electrons. The minimum atomic E-state index is -0.532. The first-order valence-corrected chi connectivity index (χ1v) is 10.2. The zero-order chi connectivity index (χ0) is 21.8. The first-order valence-electron chi connectivity index (χ1n) is 9.77. The van der Waals surface area contributed by atoms with Crippen LogP contribution in [0.2, 0.25) is 0 Å². The molecule has 0 atom stereocenters. The molecule has 0 aliphatic carbocycles. The van der Waals surface area contributed by atoms with E-state index in [1.165, 1.54) is 4.90 Å². The lowest BCUT2D eigenvalue weighted by molar-refractivity contribution is -0.122. The van der Waals surface area contributed by atoms with Gasteiger partial charge >= 0.3 is 0 Å². The summed E-state index contributed by atoms with van der Waals surface area (Å²) in [6.45, 7) is 2.40. The molecule has 0 bridgehead atoms. The lowest BCUT2D eigenvalue weighted by Crippen LogP contribution is -2.54. The van der Waals surface area contributed by atoms with Crippen molar-refractivity contribution in [2.75, 3.05) is 4.90 Å². The molecule has 3 aromatic rings. The Morgan fingerprint density at radius 1 is 0.968 bits per heavy atom. The number of amides is 2. The van der Waals surface area contributed by atoms with Gasteiger partial charge in [0.1, 0.15) is 17.9 Å². The van der Waals surface area contributed by atoms with Gasteiger partial charge in [-0.05, 0) is 49.0 Å². The van der Waals surface area contributed by atoms with E-state index in [1.54, 1.807) is 36.4 Å². The molecule has 2 amide bonds. The summed E-state index contributed by atoms with van der Waals surface area (Å²) in [5, 5.41) is 2.66. The molecule has 154 valence electrons. The van der Waals surface area contributed by atoms with Crippen molar-refractivity contribution >= 4 is 40.9 Å². The molecule has 4 rings (SSSR count). The van der Waals surface area contributed by atoms with E-state index in [2.05, 4.69) is 11.4 Å². The first kappa shape index (κ1) is 20.5. The molecule has 0 aromatic heterocycles. The van der Waals surface area contributed by atoms with Crippen LogP contribution in [0.1, 0.15) is 16.7 Å². The molecular formula is C25H20N2O3S. The summed E-state index contributed by atoms with van der Waals surface area (Å²) in [7, 11) is 0. The number of nitrogens with one attached hydrogen (secondary N) is 1. The lowest BCUT2D eigenvalue weighted by atomic mass is 10.1. The summed E-state index contributed by atoms with van der Waals surface area (Å²) >= 11 is 5.23. The van der Waals surface area contributed by atoms with E-state index in [4.69, 9.17) is 17.0 Å². The first-order chi connectivity index (χ1) is 15.0. The van der Waals surface area contributed by atoms with E-state index in [0.29, 0.717) is 23.6 Å². The number of carbonyl (C=O) groups is 2. The molecule has 3 aromatic carbocycles. The molecule has 5 nitrogen and oxygen atoms in total. The summed E-state index contributed by atoms with van der Waals surface area (Å²) in [6.07, 6.45) is 1.54. The van der Waals surface area contributed by atoms with Crippen LogP contribution < -0.4 is 15.0 Å². The van der Waals surface area contributed by atoms with Crippen LogP contribution in [-0.4, -0.2) is 16.9 Å². The van der Waals surface area contributed by atoms with Crippen molar-refractivity contribution in [2.45, 2.75) is 13.5 Å². The predicted octanol–water partition coefficient (Wildman–Crippen LogP) is 4.41. The lowest BCUT2D eigenvalue weighted by Gasteiger charge is -2.28. The summed E-state index contributed by atoms with van der Waals surface area (Å²) in [6, 6.07) is 24.3. The van der Waals surface area contributed by atoms with Crippen LogP contribution in [0.5, 0.6) is 5.75 Å². The summed E-state index contributed by atoms with van der Waals surface area (Å²) in [5.41, 5.74) is 3.40. The van der Waals surface area contributed by atoms with Crippen LogP contribution in [0.3, 0.4) is 0 Å². The zero-order valence-corrected chi connectivity index (χ0v) is 17.7. The highest BCUT2D eigenvalue weighted by Gasteiger charge is 2.34. The number of benzene rings is 3. The van der Waals surface area contributed by atoms with Gasteiger partial charge in [-0.25, -0.2) is 0 Å². The van der Waals surface area contributed by atoms with Gasteiger partial charge in [-0.1, -0.05) is 66.2 Å². The van der Waals surface area contributed by atoms with E-state index in [1.807, 2.05) is 49.4 Å². The number of ether oxygens (including phenoxy) is 1. The second-order valence-corrected chi connectivity index (χ2v) is 7.50. The number of hydrogen-bond donors (Lipinski definition) is 1. The quantitative estimate of drug-likeness (QED) is 0.372. The minimum absolute atomic E-state index is 0.0101. The molecule has 0 unspecified atom stereocenters. The predicted molar refractivity (Wildman–Crippen MR) is 125 cm³/mol. The van der Waals surface area contributed by atoms with Gasteiger partial charge in [0, 0.05) is 5.56 Å². The number of nitrogens with zero attached hydrogens (tertiary/aromatic N) is 1. The number of carbonyl (C=O) groups excluding carboxylic acids is 2. The summed E-state index contributed by atoms with van der Waals surface area (Å²) in [5.74, 6) is -0.430. The van der Waals surface area contributed by atoms with Crippen molar-refractivity contribution in [3.8, 4) is 5.75 Å². The van der Waals surface area contributed by atoms with Crippen molar-refractivity contribution in [2.24, 2.45) is 0 Å². The van der Waals surface area contributed by atoms with Crippen molar-refractivity contribution in [1.29, 1.82) is 0 Å². The van der Waals surface area contributed by atoms with Gasteiger partial charge in [-0.3, -0.25) is 19.8 Å². The Bertz CT molecular complexity index is 1190. The molecule has 1 saturated heterocycles. The molecule has 1 aliphatic rings. The highest BCUT2D eigenvalue weighted by atomic mass is 32.1. The van der Waals surface area contributed by atoms with Gasteiger partial charge in [-0.15, -0.1) is 0 Å². The highest BCUT2D eigenvalue weighted by Crippen LogP contribution is 2.26. The maximum Gasteiger partial charge on any atom is 0.270 e. The number of anilines is 1. The third-order valence-electron chi connectivity index (χ3n) is 4.81. The monoisotopic (exact) mass is 428 g/mol. The molecule has 1 heterocycles. The second-order valence-electron chi connectivity index (χ2n) is 7.11. The number of rotatable bonds is 5. The average molecular weight is 429 g/mol. The number of para-hydroxylation sites is 2. The number of thiocarbonyl (C=S) groups is 1. The van der Waals surface area contributed by atoms with Gasteiger partial charge in [0.05, 0.1) is 5.69 Å². The number of hydrogen-bond acceptors (Lipinski definition) is 4. The van der Waals surface area contributed by atoms with E-state index < -0.39 is 11.8 Å². The largest absolute Gasteiger partial charge is 0.488 e. The second kappa shape index (κ2) is 8.93.